The number of rotatable bonds is 7. The Morgan fingerprint density at radius 3 is 1.88 bits per heavy atom. The highest BCUT2D eigenvalue weighted by molar-refractivity contribution is 5.89. The van der Waals surface area contributed by atoms with Crippen LogP contribution >= 0.6 is 0 Å². The first-order valence-corrected chi connectivity index (χ1v) is 8.15. The maximum atomic E-state index is 12.0. The van der Waals surface area contributed by atoms with E-state index in [1.165, 1.54) is 0 Å². The summed E-state index contributed by atoms with van der Waals surface area (Å²) in [5, 5.41) is 21.3. The van der Waals surface area contributed by atoms with Crippen molar-refractivity contribution >= 4 is 24.0 Å². The van der Waals surface area contributed by atoms with Crippen LogP contribution in [0.25, 0.3) is 0 Å². The van der Waals surface area contributed by atoms with E-state index in [-0.39, 0.29) is 19.3 Å². The summed E-state index contributed by atoms with van der Waals surface area (Å²) in [5.41, 5.74) is 1.67. The largest absolute Gasteiger partial charge is 0.478 e. The molecule has 0 unspecified atom stereocenters. The molecule has 10 heteroatoms. The molecule has 26 heavy (non-hydrogen) atoms. The van der Waals surface area contributed by atoms with Crippen LogP contribution in [0.2, 0.25) is 0 Å². The number of hydrogen-bond donors (Lipinski definition) is 5. The van der Waals surface area contributed by atoms with Gasteiger partial charge in [0.2, 0.25) is 5.66 Å². The van der Waals surface area contributed by atoms with Crippen LogP contribution in [0.15, 0.2) is 0 Å². The van der Waals surface area contributed by atoms with Crippen LogP contribution in [0, 0.1) is 5.41 Å². The number of esters is 1. The van der Waals surface area contributed by atoms with E-state index in [9.17, 15) is 19.5 Å². The number of hydrogen-bond acceptors (Lipinski definition) is 6. The zero-order valence-electron chi connectivity index (χ0n) is 16.2. The molecule has 0 aliphatic rings. The average molecular weight is 374 g/mol. The van der Waals surface area contributed by atoms with Crippen LogP contribution in [0.3, 0.4) is 0 Å². The van der Waals surface area contributed by atoms with Crippen LogP contribution < -0.4 is 16.4 Å². The fourth-order valence-electron chi connectivity index (χ4n) is 1.97. The van der Waals surface area contributed by atoms with Crippen LogP contribution in [0.4, 0.5) is 4.79 Å². The Morgan fingerprint density at radius 1 is 1.00 bits per heavy atom. The van der Waals surface area contributed by atoms with Crippen molar-refractivity contribution in [2.45, 2.75) is 77.7 Å². The second kappa shape index (κ2) is 8.72. The average Bonchev–Trinajstić information content (AvgIpc) is 2.32. The highest BCUT2D eigenvalue weighted by Crippen LogP contribution is 2.16. The SMILES string of the molecule is CC(C)(C)OC(=O)CCC[C@](NC(=N)N)(NC(=O)OC(C)(C)C)C(=O)O. The lowest BCUT2D eigenvalue weighted by Gasteiger charge is -2.32. The third kappa shape index (κ3) is 9.70. The van der Waals surface area contributed by atoms with Gasteiger partial charge in [0, 0.05) is 12.8 Å². The van der Waals surface area contributed by atoms with Crippen molar-refractivity contribution < 1.29 is 29.0 Å². The van der Waals surface area contributed by atoms with Crippen molar-refractivity contribution in [1.82, 2.24) is 10.6 Å². The minimum Gasteiger partial charge on any atom is -0.478 e. The van der Waals surface area contributed by atoms with Gasteiger partial charge in [-0.1, -0.05) is 0 Å². The second-order valence-corrected chi connectivity index (χ2v) is 7.82. The van der Waals surface area contributed by atoms with Gasteiger partial charge in [0.1, 0.15) is 11.2 Å². The first kappa shape index (κ1) is 23.5. The van der Waals surface area contributed by atoms with Gasteiger partial charge in [-0.15, -0.1) is 0 Å². The van der Waals surface area contributed by atoms with Crippen molar-refractivity contribution in [3.8, 4) is 0 Å². The van der Waals surface area contributed by atoms with Gasteiger partial charge >= 0.3 is 18.0 Å². The van der Waals surface area contributed by atoms with Gasteiger partial charge in [0.15, 0.2) is 5.96 Å². The van der Waals surface area contributed by atoms with E-state index in [2.05, 4.69) is 10.6 Å². The predicted molar refractivity (Wildman–Crippen MR) is 94.5 cm³/mol. The number of carboxylic acids is 1. The summed E-state index contributed by atoms with van der Waals surface area (Å²) in [6.45, 7) is 10.0. The van der Waals surface area contributed by atoms with E-state index in [0.717, 1.165) is 0 Å². The van der Waals surface area contributed by atoms with Gasteiger partial charge in [0.25, 0.3) is 0 Å². The molecule has 0 aromatic rings. The van der Waals surface area contributed by atoms with E-state index >= 15 is 0 Å². The first-order valence-electron chi connectivity index (χ1n) is 8.15. The lowest BCUT2D eigenvalue weighted by atomic mass is 10.0. The number of ether oxygens (including phenoxy) is 2. The molecule has 0 aliphatic carbocycles. The van der Waals surface area contributed by atoms with Crippen molar-refractivity contribution in [3.05, 3.63) is 0 Å². The Bertz CT molecular complexity index is 550. The molecular weight excluding hydrogens is 344 g/mol. The third-order valence-corrected chi connectivity index (χ3v) is 2.78. The zero-order valence-corrected chi connectivity index (χ0v) is 16.2. The maximum absolute atomic E-state index is 12.0. The Hall–Kier alpha value is -2.52. The molecule has 0 fully saturated rings. The van der Waals surface area contributed by atoms with Crippen molar-refractivity contribution in [3.63, 3.8) is 0 Å². The van der Waals surface area contributed by atoms with Gasteiger partial charge < -0.3 is 25.6 Å². The molecular formula is C16H30N4O6. The summed E-state index contributed by atoms with van der Waals surface area (Å²) in [5.74, 6) is -2.62. The Kier molecular flexibility index (Phi) is 7.88. The number of alkyl carbamates (subject to hydrolysis) is 1. The zero-order chi connectivity index (χ0) is 20.8. The van der Waals surface area contributed by atoms with Crippen molar-refractivity contribution in [2.24, 2.45) is 5.73 Å². The summed E-state index contributed by atoms with van der Waals surface area (Å²) >= 11 is 0. The van der Waals surface area contributed by atoms with Crippen LogP contribution in [0.5, 0.6) is 0 Å². The second-order valence-electron chi connectivity index (χ2n) is 7.82. The molecule has 0 radical (unpaired) electrons. The van der Waals surface area contributed by atoms with Crippen LogP contribution in [-0.4, -0.2) is 46.0 Å². The maximum Gasteiger partial charge on any atom is 0.409 e. The Labute approximate surface area is 153 Å². The van der Waals surface area contributed by atoms with E-state index in [1.807, 2.05) is 0 Å². The Balaban J connectivity index is 5.15. The fraction of sp³-hybridized carbons (Fsp3) is 0.750. The molecule has 0 heterocycles. The fourth-order valence-corrected chi connectivity index (χ4v) is 1.97. The highest BCUT2D eigenvalue weighted by atomic mass is 16.6. The molecule has 6 N–H and O–H groups in total. The van der Waals surface area contributed by atoms with Gasteiger partial charge in [-0.05, 0) is 48.0 Å². The molecule has 0 saturated carbocycles. The molecule has 0 spiro atoms. The van der Waals surface area contributed by atoms with Gasteiger partial charge in [0.05, 0.1) is 0 Å². The van der Waals surface area contributed by atoms with Crippen LogP contribution in [0.1, 0.15) is 60.8 Å². The molecule has 1 atom stereocenters. The lowest BCUT2D eigenvalue weighted by Crippen LogP contribution is -2.67. The van der Waals surface area contributed by atoms with E-state index in [4.69, 9.17) is 20.6 Å². The molecule has 0 rings (SSSR count). The standard InChI is InChI=1S/C16H30N4O6/c1-14(2,3)25-10(21)8-7-9-16(11(22)23,19-12(17)18)20-13(24)26-15(4,5)6/h7-9H2,1-6H3,(H,20,24)(H,22,23)(H4,17,18,19)/t16-/m0/s1. The monoisotopic (exact) mass is 374 g/mol. The van der Waals surface area contributed by atoms with Crippen molar-refractivity contribution in [2.75, 3.05) is 0 Å². The van der Waals surface area contributed by atoms with Gasteiger partial charge in [-0.2, -0.15) is 0 Å². The number of carbonyl (C=O) groups is 3. The third-order valence-electron chi connectivity index (χ3n) is 2.78. The minimum atomic E-state index is -2.09. The van der Waals surface area contributed by atoms with Crippen molar-refractivity contribution in [1.29, 1.82) is 5.41 Å². The van der Waals surface area contributed by atoms with Crippen LogP contribution in [-0.2, 0) is 19.1 Å². The molecule has 0 bridgehead atoms. The molecule has 0 aliphatic heterocycles. The molecule has 0 aromatic heterocycles. The molecule has 0 saturated heterocycles. The number of carbonyl (C=O) groups excluding carboxylic acids is 2. The first-order chi connectivity index (χ1) is 11.6. The quantitative estimate of drug-likeness (QED) is 0.192. The number of guanidine groups is 1. The summed E-state index contributed by atoms with van der Waals surface area (Å²) < 4.78 is 10.2. The topological polar surface area (TPSA) is 164 Å². The number of nitrogens with one attached hydrogen (secondary N) is 3. The summed E-state index contributed by atoms with van der Waals surface area (Å²) in [6, 6.07) is 0. The van der Waals surface area contributed by atoms with E-state index in [1.54, 1.807) is 41.5 Å². The number of carboxylic acid groups (broad SMARTS) is 1. The highest BCUT2D eigenvalue weighted by Gasteiger charge is 2.41. The van der Waals surface area contributed by atoms with E-state index in [0.29, 0.717) is 0 Å². The van der Waals surface area contributed by atoms with Gasteiger partial charge in [-0.3, -0.25) is 15.5 Å². The Morgan fingerprint density at radius 2 is 1.50 bits per heavy atom. The molecule has 150 valence electrons. The number of nitrogens with two attached hydrogens (primary N) is 1. The molecule has 0 aromatic carbocycles. The van der Waals surface area contributed by atoms with E-state index < -0.39 is 40.9 Å². The predicted octanol–water partition coefficient (Wildman–Crippen LogP) is 1.29. The lowest BCUT2D eigenvalue weighted by molar-refractivity contribution is -0.155. The normalized spacial score (nSPS) is 13.9. The number of amides is 1. The summed E-state index contributed by atoms with van der Waals surface area (Å²) in [7, 11) is 0. The summed E-state index contributed by atoms with van der Waals surface area (Å²) in [4.78, 5) is 35.5. The van der Waals surface area contributed by atoms with Gasteiger partial charge in [-0.25, -0.2) is 9.59 Å². The molecule has 1 amide bonds. The minimum absolute atomic E-state index is 0.0668. The molecule has 10 nitrogen and oxygen atoms in total. The smallest absolute Gasteiger partial charge is 0.409 e. The number of aliphatic carboxylic acids is 1. The summed E-state index contributed by atoms with van der Waals surface area (Å²) in [6.07, 6.45) is -1.22.